The summed E-state index contributed by atoms with van der Waals surface area (Å²) in [6.45, 7) is 4.51. The number of halogens is 1. The number of carbonyl (C=O) groups excluding carboxylic acids is 1. The van der Waals surface area contributed by atoms with Crippen LogP contribution in [0, 0.1) is 5.82 Å². The average molecular weight is 428 g/mol. The van der Waals surface area contributed by atoms with Gasteiger partial charge in [0.2, 0.25) is 5.91 Å². The Balaban J connectivity index is 1.39. The van der Waals surface area contributed by atoms with Crippen LogP contribution >= 0.6 is 0 Å². The van der Waals surface area contributed by atoms with Gasteiger partial charge in [-0.05, 0) is 29.8 Å². The molecule has 0 aliphatic carbocycles. The first-order valence-electron chi connectivity index (χ1n) is 10.4. The third-order valence-electron chi connectivity index (χ3n) is 5.19. The van der Waals surface area contributed by atoms with E-state index in [0.29, 0.717) is 18.7 Å². The second-order valence-electron chi connectivity index (χ2n) is 7.31. The van der Waals surface area contributed by atoms with Crippen LogP contribution in [0.3, 0.4) is 0 Å². The molecule has 0 atom stereocenters. The Kier molecular flexibility index (Phi) is 8.09. The van der Waals surface area contributed by atoms with Crippen molar-refractivity contribution in [1.29, 1.82) is 0 Å². The zero-order valence-electron chi connectivity index (χ0n) is 18.1. The molecule has 8 heteroatoms. The number of nitrogens with one attached hydrogen (secondary N) is 2. The molecule has 2 aromatic carbocycles. The molecule has 0 aromatic heterocycles. The summed E-state index contributed by atoms with van der Waals surface area (Å²) in [6, 6.07) is 14.2. The highest BCUT2D eigenvalue weighted by atomic mass is 19.1. The van der Waals surface area contributed by atoms with Crippen LogP contribution in [0.1, 0.15) is 5.56 Å². The zero-order chi connectivity index (χ0) is 22.1. The molecule has 0 radical (unpaired) electrons. The molecule has 1 fully saturated rings. The van der Waals surface area contributed by atoms with Crippen molar-refractivity contribution in [2.45, 2.75) is 6.42 Å². The topological polar surface area (TPSA) is 69.2 Å². The molecule has 166 valence electrons. The molecule has 0 bridgehead atoms. The van der Waals surface area contributed by atoms with Gasteiger partial charge in [-0.1, -0.05) is 18.2 Å². The van der Waals surface area contributed by atoms with E-state index in [2.05, 4.69) is 37.6 Å². The zero-order valence-corrected chi connectivity index (χ0v) is 18.1. The second-order valence-corrected chi connectivity index (χ2v) is 7.31. The maximum Gasteiger partial charge on any atom is 0.224 e. The largest absolute Gasteiger partial charge is 0.497 e. The molecule has 1 heterocycles. The first-order chi connectivity index (χ1) is 15.1. The van der Waals surface area contributed by atoms with Gasteiger partial charge in [-0.2, -0.15) is 0 Å². The van der Waals surface area contributed by atoms with Gasteiger partial charge in [0.05, 0.1) is 13.5 Å². The second kappa shape index (κ2) is 11.2. The highest BCUT2D eigenvalue weighted by molar-refractivity contribution is 5.80. The fraction of sp³-hybridized carbons (Fsp3) is 0.391. The fourth-order valence-electron chi connectivity index (χ4n) is 3.59. The summed E-state index contributed by atoms with van der Waals surface area (Å²) < 4.78 is 18.5. The lowest BCUT2D eigenvalue weighted by Gasteiger charge is -2.37. The van der Waals surface area contributed by atoms with Crippen molar-refractivity contribution in [3.63, 3.8) is 0 Å². The van der Waals surface area contributed by atoms with Crippen molar-refractivity contribution in [3.8, 4) is 5.75 Å². The predicted octanol–water partition coefficient (Wildman–Crippen LogP) is 1.89. The Morgan fingerprint density at radius 3 is 2.52 bits per heavy atom. The minimum absolute atomic E-state index is 0.130. The Bertz CT molecular complexity index is 897. The lowest BCUT2D eigenvalue weighted by molar-refractivity contribution is -0.120. The molecule has 2 N–H and O–H groups in total. The van der Waals surface area contributed by atoms with Gasteiger partial charge in [-0.3, -0.25) is 9.79 Å². The SMILES string of the molecule is CN=C(NCCNC(=O)Cc1cccc(F)c1)N1CCN(c2cccc(OC)c2)CC1. The number of methoxy groups -OCH3 is 1. The van der Waals surface area contributed by atoms with Crippen molar-refractivity contribution in [2.75, 3.05) is 58.3 Å². The molecule has 0 unspecified atom stereocenters. The first kappa shape index (κ1) is 22.4. The Morgan fingerprint density at radius 2 is 1.81 bits per heavy atom. The summed E-state index contributed by atoms with van der Waals surface area (Å²) in [7, 11) is 3.44. The van der Waals surface area contributed by atoms with Gasteiger partial charge in [0.15, 0.2) is 5.96 Å². The number of aliphatic imine (C=N–C) groups is 1. The monoisotopic (exact) mass is 427 g/mol. The van der Waals surface area contributed by atoms with E-state index < -0.39 is 0 Å². The Labute approximate surface area is 182 Å². The summed E-state index contributed by atoms with van der Waals surface area (Å²) in [5.41, 5.74) is 1.82. The van der Waals surface area contributed by atoms with Crippen LogP contribution < -0.4 is 20.3 Å². The maximum atomic E-state index is 13.2. The van der Waals surface area contributed by atoms with Crippen molar-refractivity contribution in [1.82, 2.24) is 15.5 Å². The van der Waals surface area contributed by atoms with E-state index in [1.807, 2.05) is 12.1 Å². The highest BCUT2D eigenvalue weighted by Crippen LogP contribution is 2.22. The van der Waals surface area contributed by atoms with Crippen LogP contribution in [0.25, 0.3) is 0 Å². The number of anilines is 1. The van der Waals surface area contributed by atoms with E-state index in [1.165, 1.54) is 12.1 Å². The van der Waals surface area contributed by atoms with Gasteiger partial charge in [0.25, 0.3) is 0 Å². The van der Waals surface area contributed by atoms with Gasteiger partial charge in [-0.15, -0.1) is 0 Å². The quantitative estimate of drug-likeness (QED) is 0.401. The van der Waals surface area contributed by atoms with Gasteiger partial charge >= 0.3 is 0 Å². The van der Waals surface area contributed by atoms with E-state index in [1.54, 1.807) is 26.3 Å². The Hall–Kier alpha value is -3.29. The molecule has 1 aliphatic heterocycles. The number of ether oxygens (including phenoxy) is 1. The first-order valence-corrected chi connectivity index (χ1v) is 10.4. The minimum Gasteiger partial charge on any atom is -0.497 e. The van der Waals surface area contributed by atoms with Crippen LogP contribution in [0.5, 0.6) is 5.75 Å². The van der Waals surface area contributed by atoms with Crippen LogP contribution in [-0.2, 0) is 11.2 Å². The van der Waals surface area contributed by atoms with E-state index in [0.717, 1.165) is 43.6 Å². The molecule has 1 saturated heterocycles. The third kappa shape index (κ3) is 6.60. The smallest absolute Gasteiger partial charge is 0.224 e. The molecule has 0 spiro atoms. The number of amides is 1. The molecule has 7 nitrogen and oxygen atoms in total. The summed E-state index contributed by atoms with van der Waals surface area (Å²) in [6.07, 6.45) is 0.165. The van der Waals surface area contributed by atoms with E-state index >= 15 is 0 Å². The normalized spacial score (nSPS) is 14.4. The molecule has 31 heavy (non-hydrogen) atoms. The standard InChI is InChI=1S/C23H30FN5O2/c1-25-23(27-10-9-26-22(30)16-18-5-3-6-19(24)15-18)29-13-11-28(12-14-29)20-7-4-8-21(17-20)31-2/h3-8,15,17H,9-14,16H2,1-2H3,(H,25,27)(H,26,30). The number of benzene rings is 2. The van der Waals surface area contributed by atoms with E-state index in [4.69, 9.17) is 4.74 Å². The predicted molar refractivity (Wildman–Crippen MR) is 121 cm³/mol. The van der Waals surface area contributed by atoms with Gasteiger partial charge < -0.3 is 25.2 Å². The number of guanidine groups is 1. The third-order valence-corrected chi connectivity index (χ3v) is 5.19. The number of hydrogen-bond acceptors (Lipinski definition) is 4. The minimum atomic E-state index is -0.331. The van der Waals surface area contributed by atoms with Crippen LogP contribution in [0.15, 0.2) is 53.5 Å². The van der Waals surface area contributed by atoms with Gasteiger partial charge in [0.1, 0.15) is 11.6 Å². The summed E-state index contributed by atoms with van der Waals surface area (Å²) in [5, 5.41) is 6.16. The van der Waals surface area contributed by atoms with Crippen molar-refractivity contribution in [2.24, 2.45) is 4.99 Å². The highest BCUT2D eigenvalue weighted by Gasteiger charge is 2.20. The van der Waals surface area contributed by atoms with Crippen LogP contribution in [0.4, 0.5) is 10.1 Å². The van der Waals surface area contributed by atoms with Crippen LogP contribution in [0.2, 0.25) is 0 Å². The Morgan fingerprint density at radius 1 is 1.06 bits per heavy atom. The number of piperazine rings is 1. The lowest BCUT2D eigenvalue weighted by Crippen LogP contribution is -2.53. The molecular formula is C23H30FN5O2. The number of carbonyl (C=O) groups is 1. The molecule has 1 aliphatic rings. The molecular weight excluding hydrogens is 397 g/mol. The molecule has 1 amide bonds. The number of hydrogen-bond donors (Lipinski definition) is 2. The van der Waals surface area contributed by atoms with Crippen LogP contribution in [-0.4, -0.2) is 70.2 Å². The van der Waals surface area contributed by atoms with E-state index in [9.17, 15) is 9.18 Å². The van der Waals surface area contributed by atoms with Gasteiger partial charge in [-0.25, -0.2) is 4.39 Å². The van der Waals surface area contributed by atoms with Crippen molar-refractivity contribution >= 4 is 17.6 Å². The number of nitrogens with zero attached hydrogens (tertiary/aromatic N) is 3. The van der Waals surface area contributed by atoms with Gasteiger partial charge in [0, 0.05) is 58.1 Å². The lowest BCUT2D eigenvalue weighted by atomic mass is 10.1. The summed E-state index contributed by atoms with van der Waals surface area (Å²) in [4.78, 5) is 21.0. The molecule has 0 saturated carbocycles. The average Bonchev–Trinajstić information content (AvgIpc) is 2.79. The van der Waals surface area contributed by atoms with Crippen molar-refractivity contribution in [3.05, 3.63) is 59.9 Å². The van der Waals surface area contributed by atoms with E-state index in [-0.39, 0.29) is 18.1 Å². The maximum absolute atomic E-state index is 13.2. The van der Waals surface area contributed by atoms with Crippen molar-refractivity contribution < 1.29 is 13.9 Å². The fourth-order valence-corrected chi connectivity index (χ4v) is 3.59. The number of rotatable bonds is 7. The molecule has 2 aromatic rings. The summed E-state index contributed by atoms with van der Waals surface area (Å²) in [5.74, 6) is 1.22. The molecule has 3 rings (SSSR count). The summed E-state index contributed by atoms with van der Waals surface area (Å²) >= 11 is 0.